The van der Waals surface area contributed by atoms with Gasteiger partial charge in [-0.1, -0.05) is 6.07 Å². The fourth-order valence-corrected chi connectivity index (χ4v) is 2.66. The zero-order chi connectivity index (χ0) is 15.7. The molecule has 2 aromatic rings. The highest BCUT2D eigenvalue weighted by atomic mass is 16.6. The van der Waals surface area contributed by atoms with Crippen molar-refractivity contribution in [3.05, 3.63) is 24.5 Å². The molecule has 0 saturated carbocycles. The number of piperazine rings is 1. The molecule has 1 aromatic carbocycles. The maximum atomic E-state index is 12.1. The highest BCUT2D eigenvalue weighted by Crippen LogP contribution is 2.25. The number of H-pyrrole nitrogens is 1. The molecule has 118 valence electrons. The number of para-hydroxylation sites is 1. The van der Waals surface area contributed by atoms with Gasteiger partial charge >= 0.3 is 6.09 Å². The van der Waals surface area contributed by atoms with Crippen molar-refractivity contribution < 1.29 is 9.53 Å². The van der Waals surface area contributed by atoms with Gasteiger partial charge in [0.2, 0.25) is 0 Å². The largest absolute Gasteiger partial charge is 0.444 e. The molecule has 1 aromatic heterocycles. The first-order valence-corrected chi connectivity index (χ1v) is 7.59. The first-order valence-electron chi connectivity index (χ1n) is 7.59. The van der Waals surface area contributed by atoms with Gasteiger partial charge in [0.1, 0.15) is 11.1 Å². The molecule has 0 bridgehead atoms. The van der Waals surface area contributed by atoms with Crippen molar-refractivity contribution in [3.63, 3.8) is 0 Å². The van der Waals surface area contributed by atoms with Gasteiger partial charge in [-0.15, -0.1) is 0 Å². The summed E-state index contributed by atoms with van der Waals surface area (Å²) in [5.41, 5.74) is 2.68. The summed E-state index contributed by atoms with van der Waals surface area (Å²) in [5, 5.41) is 0. The lowest BCUT2D eigenvalue weighted by atomic mass is 10.2. The summed E-state index contributed by atoms with van der Waals surface area (Å²) in [5.74, 6) is 0. The Balaban J connectivity index is 1.67. The van der Waals surface area contributed by atoms with Crippen molar-refractivity contribution >= 4 is 22.8 Å². The van der Waals surface area contributed by atoms with E-state index in [1.807, 2.05) is 32.9 Å². The number of anilines is 1. The summed E-state index contributed by atoms with van der Waals surface area (Å²) in [6.07, 6.45) is 1.48. The smallest absolute Gasteiger partial charge is 0.410 e. The number of imidazole rings is 1. The lowest BCUT2D eigenvalue weighted by molar-refractivity contribution is 0.0241. The summed E-state index contributed by atoms with van der Waals surface area (Å²) in [7, 11) is 0. The fourth-order valence-electron chi connectivity index (χ4n) is 2.66. The summed E-state index contributed by atoms with van der Waals surface area (Å²) >= 11 is 0. The molecule has 1 N–H and O–H groups in total. The Labute approximate surface area is 130 Å². The molecule has 1 aliphatic heterocycles. The third kappa shape index (κ3) is 3.00. The molecule has 3 rings (SSSR count). The second-order valence-electron chi connectivity index (χ2n) is 6.53. The topological polar surface area (TPSA) is 61.5 Å². The number of aromatic amines is 1. The normalized spacial score (nSPS) is 16.1. The molecule has 1 saturated heterocycles. The summed E-state index contributed by atoms with van der Waals surface area (Å²) in [6.45, 7) is 8.56. The third-order valence-electron chi connectivity index (χ3n) is 3.70. The van der Waals surface area contributed by atoms with Crippen LogP contribution in [0.25, 0.3) is 11.0 Å². The standard InChI is InChI=1S/C16H22N4O2/c1-16(2,3)22-15(21)20-9-7-19(8-10-20)13-6-4-5-12-14(13)18-11-17-12/h4-6,11H,7-10H2,1-3H3,(H,17,18). The van der Waals surface area contributed by atoms with Crippen LogP contribution in [0.2, 0.25) is 0 Å². The van der Waals surface area contributed by atoms with Gasteiger partial charge in [0.05, 0.1) is 17.5 Å². The fraction of sp³-hybridized carbons (Fsp3) is 0.500. The maximum absolute atomic E-state index is 12.1. The van der Waals surface area contributed by atoms with Crippen LogP contribution in [0.5, 0.6) is 0 Å². The number of fused-ring (bicyclic) bond motifs is 1. The van der Waals surface area contributed by atoms with Gasteiger partial charge in [-0.3, -0.25) is 0 Å². The number of aromatic nitrogens is 2. The molecule has 6 heteroatoms. The number of nitrogens with one attached hydrogen (secondary N) is 1. The molecular formula is C16H22N4O2. The van der Waals surface area contributed by atoms with Gasteiger partial charge in [-0.05, 0) is 32.9 Å². The minimum Gasteiger partial charge on any atom is -0.444 e. The van der Waals surface area contributed by atoms with Gasteiger partial charge in [0, 0.05) is 26.2 Å². The van der Waals surface area contributed by atoms with Crippen molar-refractivity contribution in [1.29, 1.82) is 0 Å². The highest BCUT2D eigenvalue weighted by molar-refractivity contribution is 5.88. The number of rotatable bonds is 1. The van der Waals surface area contributed by atoms with Gasteiger partial charge in [-0.25, -0.2) is 9.78 Å². The SMILES string of the molecule is CC(C)(C)OC(=O)N1CCN(c2cccc3[nH]cnc23)CC1. The van der Waals surface area contributed by atoms with Crippen LogP contribution in [-0.2, 0) is 4.74 Å². The Morgan fingerprint density at radius 3 is 2.64 bits per heavy atom. The number of carbonyl (C=O) groups is 1. The predicted octanol–water partition coefficient (Wildman–Crippen LogP) is 2.62. The molecule has 0 atom stereocenters. The van der Waals surface area contributed by atoms with Crippen LogP contribution < -0.4 is 4.90 Å². The second kappa shape index (κ2) is 5.51. The van der Waals surface area contributed by atoms with Gasteiger partial charge < -0.3 is 19.5 Å². The van der Waals surface area contributed by atoms with E-state index >= 15 is 0 Å². The maximum Gasteiger partial charge on any atom is 0.410 e. The van der Waals surface area contributed by atoms with Crippen LogP contribution >= 0.6 is 0 Å². The van der Waals surface area contributed by atoms with Gasteiger partial charge in [-0.2, -0.15) is 0 Å². The van der Waals surface area contributed by atoms with Crippen molar-refractivity contribution in [1.82, 2.24) is 14.9 Å². The van der Waals surface area contributed by atoms with Crippen molar-refractivity contribution in [2.75, 3.05) is 31.1 Å². The zero-order valence-corrected chi connectivity index (χ0v) is 13.3. The van der Waals surface area contributed by atoms with Gasteiger partial charge in [0.25, 0.3) is 0 Å². The number of ether oxygens (including phenoxy) is 1. The van der Waals surface area contributed by atoms with E-state index in [4.69, 9.17) is 4.74 Å². The molecule has 2 heterocycles. The summed E-state index contributed by atoms with van der Waals surface area (Å²) < 4.78 is 5.43. The number of hydrogen-bond acceptors (Lipinski definition) is 4. The average Bonchev–Trinajstić information content (AvgIpc) is 2.94. The van der Waals surface area contributed by atoms with Crippen LogP contribution in [-0.4, -0.2) is 52.7 Å². The lowest BCUT2D eigenvalue weighted by Gasteiger charge is -2.36. The zero-order valence-electron chi connectivity index (χ0n) is 13.3. The summed E-state index contributed by atoms with van der Waals surface area (Å²) in [6, 6.07) is 6.12. The molecule has 1 fully saturated rings. The first kappa shape index (κ1) is 14.7. The molecule has 0 radical (unpaired) electrons. The molecule has 1 amide bonds. The number of carbonyl (C=O) groups excluding carboxylic acids is 1. The van der Waals surface area contributed by atoms with Gasteiger partial charge in [0.15, 0.2) is 0 Å². The Hall–Kier alpha value is -2.24. The Morgan fingerprint density at radius 1 is 1.23 bits per heavy atom. The lowest BCUT2D eigenvalue weighted by Crippen LogP contribution is -2.50. The minimum atomic E-state index is -0.450. The highest BCUT2D eigenvalue weighted by Gasteiger charge is 2.26. The van der Waals surface area contributed by atoms with Crippen molar-refractivity contribution in [2.24, 2.45) is 0 Å². The average molecular weight is 302 g/mol. The summed E-state index contributed by atoms with van der Waals surface area (Å²) in [4.78, 5) is 23.7. The molecule has 1 aliphatic rings. The molecule has 22 heavy (non-hydrogen) atoms. The van der Waals surface area contributed by atoms with Crippen LogP contribution in [0.1, 0.15) is 20.8 Å². The Kier molecular flexibility index (Phi) is 3.68. The van der Waals surface area contributed by atoms with Crippen molar-refractivity contribution in [3.8, 4) is 0 Å². The number of hydrogen-bond donors (Lipinski definition) is 1. The van der Waals surface area contributed by atoms with E-state index in [-0.39, 0.29) is 6.09 Å². The molecule has 6 nitrogen and oxygen atoms in total. The Bertz CT molecular complexity index is 666. The van der Waals surface area contributed by atoms with Crippen LogP contribution in [0.4, 0.5) is 10.5 Å². The predicted molar refractivity (Wildman–Crippen MR) is 86.1 cm³/mol. The quantitative estimate of drug-likeness (QED) is 0.879. The molecule has 0 unspecified atom stereocenters. The molecule has 0 aliphatic carbocycles. The van der Waals surface area contributed by atoms with Crippen LogP contribution in [0.3, 0.4) is 0 Å². The molecule has 0 spiro atoms. The first-order chi connectivity index (χ1) is 10.4. The molecular weight excluding hydrogens is 280 g/mol. The van der Waals surface area contributed by atoms with E-state index < -0.39 is 5.60 Å². The van der Waals surface area contributed by atoms with Crippen molar-refractivity contribution in [2.45, 2.75) is 26.4 Å². The van der Waals surface area contributed by atoms with E-state index in [2.05, 4.69) is 20.9 Å². The van der Waals surface area contributed by atoms with E-state index in [9.17, 15) is 4.79 Å². The van der Waals surface area contributed by atoms with Crippen LogP contribution in [0.15, 0.2) is 24.5 Å². The van der Waals surface area contributed by atoms with E-state index in [1.165, 1.54) is 0 Å². The van der Waals surface area contributed by atoms with E-state index in [1.54, 1.807) is 11.2 Å². The third-order valence-corrected chi connectivity index (χ3v) is 3.70. The minimum absolute atomic E-state index is 0.231. The number of nitrogens with zero attached hydrogens (tertiary/aromatic N) is 3. The Morgan fingerprint density at radius 2 is 1.95 bits per heavy atom. The monoisotopic (exact) mass is 302 g/mol. The number of benzene rings is 1. The van der Waals surface area contributed by atoms with E-state index in [0.29, 0.717) is 13.1 Å². The second-order valence-corrected chi connectivity index (χ2v) is 6.53. The van der Waals surface area contributed by atoms with Crippen LogP contribution in [0, 0.1) is 0 Å². The van der Waals surface area contributed by atoms with E-state index in [0.717, 1.165) is 29.8 Å². The number of amides is 1.